The molecule has 4 atom stereocenters. The number of anilines is 1. The van der Waals surface area contributed by atoms with Crippen molar-refractivity contribution in [1.82, 2.24) is 35.9 Å². The fourth-order valence-corrected chi connectivity index (χ4v) is 5.01. The number of hydrogen-bond donors (Lipinski definition) is 12. The van der Waals surface area contributed by atoms with Crippen LogP contribution < -0.4 is 21.3 Å². The van der Waals surface area contributed by atoms with Gasteiger partial charge in [0.25, 0.3) is 0 Å². The van der Waals surface area contributed by atoms with E-state index in [0.29, 0.717) is 0 Å². The summed E-state index contributed by atoms with van der Waals surface area (Å²) >= 11 is 7.07. The summed E-state index contributed by atoms with van der Waals surface area (Å²) in [6.45, 7) is 3.51. The lowest BCUT2D eigenvalue weighted by Crippen LogP contribution is -2.39. The number of guanidine groups is 2. The number of nitrogens with zero attached hydrogens (tertiary/aromatic N) is 6. The molecule has 1 fully saturated rings. The average Bonchev–Trinajstić information content (AvgIpc) is 3.88. The van der Waals surface area contributed by atoms with E-state index in [1.165, 1.54) is 0 Å². The molecule has 24 heteroatoms. The molecule has 0 amide bonds. The molecular formula is C30H32Br2N10O12. The van der Waals surface area contributed by atoms with Crippen molar-refractivity contribution < 1.29 is 60.0 Å². The van der Waals surface area contributed by atoms with Crippen LogP contribution in [0.3, 0.4) is 0 Å². The van der Waals surface area contributed by atoms with Crippen LogP contribution in [0.2, 0.25) is 0 Å². The molecular weight excluding hydrogens is 852 g/mol. The number of benzene rings is 2. The molecule has 4 aromatic rings. The van der Waals surface area contributed by atoms with Crippen LogP contribution >= 0.6 is 31.9 Å². The molecule has 6 rings (SSSR count). The Balaban J connectivity index is 0.000000201. The summed E-state index contributed by atoms with van der Waals surface area (Å²) in [5.41, 5.74) is 5.17. The molecule has 4 heterocycles. The number of hydrogen-bond acceptors (Lipinski definition) is 16. The number of nitrogens with one attached hydrogen (secondary N) is 4. The van der Waals surface area contributed by atoms with Crippen molar-refractivity contribution in [2.75, 3.05) is 31.5 Å². The molecule has 4 unspecified atom stereocenters. The predicted octanol–water partition coefficient (Wildman–Crippen LogP) is -0.909. The van der Waals surface area contributed by atoms with Gasteiger partial charge in [-0.1, -0.05) is 0 Å². The van der Waals surface area contributed by atoms with Gasteiger partial charge >= 0.3 is 23.9 Å². The van der Waals surface area contributed by atoms with Crippen LogP contribution in [0.25, 0.3) is 22.1 Å². The smallest absolute Gasteiger partial charge is 0.335 e. The Kier molecular flexibility index (Phi) is 16.3. The molecule has 2 aromatic carbocycles. The second-order valence-corrected chi connectivity index (χ2v) is 12.0. The number of aliphatic imine (C=N–C) groups is 2. The Hall–Kier alpha value is -5.66. The van der Waals surface area contributed by atoms with Crippen LogP contribution in [0.1, 0.15) is 0 Å². The number of aliphatic carboxylic acids is 4. The summed E-state index contributed by atoms with van der Waals surface area (Å²) in [5.74, 6) is -5.47. The van der Waals surface area contributed by atoms with Crippen molar-refractivity contribution in [2.45, 2.75) is 24.4 Å². The number of aliphatic hydroxyl groups is 4. The number of halogens is 2. The maximum atomic E-state index is 9.77. The minimum absolute atomic E-state index is 0.800. The molecule has 12 N–H and O–H groups in total. The molecule has 0 bridgehead atoms. The molecule has 2 aromatic heterocycles. The molecule has 0 spiro atoms. The number of rotatable bonds is 8. The second-order valence-electron chi connectivity index (χ2n) is 10.4. The normalized spacial score (nSPS) is 15.0. The van der Waals surface area contributed by atoms with E-state index in [1.807, 2.05) is 24.3 Å². The number of aliphatic hydroxyl groups excluding tert-OH is 4. The zero-order valence-corrected chi connectivity index (χ0v) is 30.6. The van der Waals surface area contributed by atoms with Gasteiger partial charge in [0.05, 0.1) is 37.9 Å². The molecule has 54 heavy (non-hydrogen) atoms. The van der Waals surface area contributed by atoms with Crippen LogP contribution in [0.15, 0.2) is 68.0 Å². The zero-order valence-electron chi connectivity index (χ0n) is 27.4. The summed E-state index contributed by atoms with van der Waals surface area (Å²) in [5, 5.41) is 77.8. The quantitative estimate of drug-likeness (QED) is 0.102. The molecule has 0 radical (unpaired) electrons. The third-order valence-corrected chi connectivity index (χ3v) is 8.20. The van der Waals surface area contributed by atoms with Gasteiger partial charge in [0.15, 0.2) is 36.3 Å². The standard InChI is InChI=1S/2C11H10BrN5.2C4H6O6/c2*12-9-7(17-11-15-5-6-16-11)1-2-8-10(9)14-4-3-13-8;2*5-1(3(7)8)2(6)4(9)10/h2*1-4H,5-6H2,(H2,15,16,17);2*1-2,5-6H,(H,7,8)(H,9,10). The largest absolute Gasteiger partial charge is 0.479 e. The molecule has 0 aliphatic carbocycles. The van der Waals surface area contributed by atoms with Crippen LogP contribution in [0, 0.1) is 0 Å². The second kappa shape index (κ2) is 20.5. The lowest BCUT2D eigenvalue weighted by molar-refractivity contribution is -0.165. The molecule has 288 valence electrons. The van der Waals surface area contributed by atoms with Gasteiger partial charge in [-0.05, 0) is 56.1 Å². The fraction of sp³-hybridized carbons (Fsp3) is 0.267. The highest BCUT2D eigenvalue weighted by atomic mass is 79.9. The lowest BCUT2D eigenvalue weighted by Gasteiger charge is -2.09. The number of carbonyl (C=O) groups is 4. The van der Waals surface area contributed by atoms with E-state index in [1.54, 1.807) is 24.8 Å². The molecule has 2 aliphatic heterocycles. The van der Waals surface area contributed by atoms with Crippen LogP contribution in [-0.4, -0.2) is 147 Å². The summed E-state index contributed by atoms with van der Waals surface area (Å²) in [7, 11) is 0. The maximum Gasteiger partial charge on any atom is 0.335 e. The highest BCUT2D eigenvalue weighted by molar-refractivity contribution is 9.11. The third kappa shape index (κ3) is 12.2. The first-order valence-electron chi connectivity index (χ1n) is 15.2. The van der Waals surface area contributed by atoms with E-state index in [-0.39, 0.29) is 0 Å². The Morgan fingerprint density at radius 2 is 1.07 bits per heavy atom. The molecule has 1 saturated heterocycles. The number of fused-ring (bicyclic) bond motifs is 2. The van der Waals surface area contributed by atoms with Crippen molar-refractivity contribution in [2.24, 2.45) is 9.98 Å². The average molecular weight is 884 g/mol. The van der Waals surface area contributed by atoms with Gasteiger partial charge in [0.1, 0.15) is 11.0 Å². The molecule has 22 nitrogen and oxygen atoms in total. The Bertz CT molecular complexity index is 1960. The lowest BCUT2D eigenvalue weighted by atomic mass is 10.2. The Morgan fingerprint density at radius 3 is 1.52 bits per heavy atom. The number of carboxylic acids is 4. The topological polar surface area (TPSA) is 355 Å². The molecule has 2 aliphatic rings. The Labute approximate surface area is 320 Å². The van der Waals surface area contributed by atoms with Crippen molar-refractivity contribution in [3.05, 3.63) is 58.0 Å². The third-order valence-electron chi connectivity index (χ3n) is 6.62. The van der Waals surface area contributed by atoms with E-state index >= 15 is 0 Å². The van der Waals surface area contributed by atoms with Gasteiger partial charge < -0.3 is 62.1 Å². The highest BCUT2D eigenvalue weighted by Gasteiger charge is 2.30. The fourth-order valence-electron chi connectivity index (χ4n) is 3.95. The number of aromatic nitrogens is 4. The molecule has 0 saturated carbocycles. The van der Waals surface area contributed by atoms with Gasteiger partial charge in [-0.3, -0.25) is 24.9 Å². The first kappa shape index (κ1) is 42.8. The Morgan fingerprint density at radius 1 is 0.630 bits per heavy atom. The summed E-state index contributed by atoms with van der Waals surface area (Å²) in [6, 6.07) is 7.74. The van der Waals surface area contributed by atoms with Crippen molar-refractivity contribution in [1.29, 1.82) is 0 Å². The van der Waals surface area contributed by atoms with Gasteiger partial charge in [-0.15, -0.1) is 0 Å². The SMILES string of the molecule is Brc1c(N=C2NCCN2)ccc2nccnc12.Brc1c(NC2=NCCN2)ccc2nccnc12.O=C(O)C(O)C(O)C(=O)O.O=C(O)C(O)C(O)C(=O)O. The maximum absolute atomic E-state index is 9.77. The van der Waals surface area contributed by atoms with Crippen molar-refractivity contribution >= 4 is 101 Å². The van der Waals surface area contributed by atoms with E-state index in [4.69, 9.17) is 40.9 Å². The van der Waals surface area contributed by atoms with Crippen LogP contribution in [-0.2, 0) is 19.2 Å². The van der Waals surface area contributed by atoms with E-state index < -0.39 is 48.3 Å². The van der Waals surface area contributed by atoms with E-state index in [2.05, 4.69) is 83.0 Å². The highest BCUT2D eigenvalue weighted by Crippen LogP contribution is 2.31. The van der Waals surface area contributed by atoms with Crippen molar-refractivity contribution in [3.8, 4) is 0 Å². The van der Waals surface area contributed by atoms with Gasteiger partial charge in [-0.25, -0.2) is 24.2 Å². The monoisotopic (exact) mass is 882 g/mol. The first-order valence-corrected chi connectivity index (χ1v) is 16.7. The van der Waals surface area contributed by atoms with Gasteiger partial charge in [0.2, 0.25) is 0 Å². The van der Waals surface area contributed by atoms with Crippen molar-refractivity contribution in [3.63, 3.8) is 0 Å². The van der Waals surface area contributed by atoms with Crippen LogP contribution in [0.5, 0.6) is 0 Å². The zero-order chi connectivity index (χ0) is 39.9. The summed E-state index contributed by atoms with van der Waals surface area (Å²) < 4.78 is 1.77. The minimum atomic E-state index is -2.27. The van der Waals surface area contributed by atoms with Gasteiger partial charge in [-0.2, -0.15) is 0 Å². The van der Waals surface area contributed by atoms with E-state index in [9.17, 15) is 19.2 Å². The van der Waals surface area contributed by atoms with E-state index in [0.717, 1.165) is 80.5 Å². The van der Waals surface area contributed by atoms with Crippen LogP contribution in [0.4, 0.5) is 11.4 Å². The minimum Gasteiger partial charge on any atom is -0.479 e. The summed E-state index contributed by atoms with van der Waals surface area (Å²) in [4.78, 5) is 65.0. The van der Waals surface area contributed by atoms with Gasteiger partial charge in [0, 0.05) is 44.4 Å². The first-order chi connectivity index (χ1) is 25.6. The predicted molar refractivity (Wildman–Crippen MR) is 196 cm³/mol. The number of carboxylic acid groups (broad SMARTS) is 4. The summed E-state index contributed by atoms with van der Waals surface area (Å²) in [6.07, 6.45) is -2.34.